The number of carbonyl (C=O) groups is 1. The van der Waals surface area contributed by atoms with Crippen molar-refractivity contribution in [1.29, 1.82) is 0 Å². The third-order valence-electron chi connectivity index (χ3n) is 6.79. The third kappa shape index (κ3) is 8.62. The molecule has 0 spiro atoms. The molecule has 6 nitrogen and oxygen atoms in total. The molecule has 1 heterocycles. The Balaban J connectivity index is 0.00000400. The number of rotatable bonds is 11. The van der Waals surface area contributed by atoms with E-state index in [4.69, 9.17) is 4.74 Å². The first kappa shape index (κ1) is 29.2. The molecule has 0 radical (unpaired) electrons. The second-order valence-corrected chi connectivity index (χ2v) is 9.52. The van der Waals surface area contributed by atoms with Crippen molar-refractivity contribution in [3.63, 3.8) is 0 Å². The maximum Gasteiger partial charge on any atom is 0.322 e. The number of hydrogen-bond donors (Lipinski definition) is 2. The molecule has 2 N–H and O–H groups in total. The number of nitrogens with zero attached hydrogens (tertiary/aromatic N) is 2. The van der Waals surface area contributed by atoms with Gasteiger partial charge in [-0.1, -0.05) is 67.2 Å². The summed E-state index contributed by atoms with van der Waals surface area (Å²) in [5.41, 5.74) is 4.29. The van der Waals surface area contributed by atoms with Crippen molar-refractivity contribution in [2.75, 3.05) is 58.2 Å². The van der Waals surface area contributed by atoms with E-state index < -0.39 is 0 Å². The van der Waals surface area contributed by atoms with E-state index in [1.807, 2.05) is 41.3 Å². The Hall–Kier alpha value is -3.32. The predicted octanol–water partition coefficient (Wildman–Crippen LogP) is 5.63. The molecule has 38 heavy (non-hydrogen) atoms. The van der Waals surface area contributed by atoms with Crippen LogP contribution in [0.1, 0.15) is 23.5 Å². The number of methoxy groups -OCH3 is 1. The van der Waals surface area contributed by atoms with E-state index in [1.54, 1.807) is 7.11 Å². The molecule has 3 aromatic carbocycles. The Morgan fingerprint density at radius 3 is 2.11 bits per heavy atom. The predicted molar refractivity (Wildman–Crippen MR) is 159 cm³/mol. The second-order valence-electron chi connectivity index (χ2n) is 9.52. The van der Waals surface area contributed by atoms with Gasteiger partial charge in [-0.3, -0.25) is 4.90 Å². The average molecular weight is 535 g/mol. The van der Waals surface area contributed by atoms with Crippen LogP contribution in [-0.4, -0.2) is 68.8 Å². The van der Waals surface area contributed by atoms with Gasteiger partial charge in [0.1, 0.15) is 5.75 Å². The molecule has 0 bridgehead atoms. The number of hydrogen-bond acceptors (Lipinski definition) is 4. The smallest absolute Gasteiger partial charge is 0.322 e. The fraction of sp³-hybridized carbons (Fsp3) is 0.323. The van der Waals surface area contributed by atoms with Crippen LogP contribution in [0.3, 0.4) is 0 Å². The highest BCUT2D eigenvalue weighted by Gasteiger charge is 2.21. The first-order chi connectivity index (χ1) is 18.1. The highest BCUT2D eigenvalue weighted by Crippen LogP contribution is 2.28. The molecule has 4 rings (SSSR count). The number of carbonyl (C=O) groups excluding carboxylic acids is 1. The molecule has 0 atom stereocenters. The maximum absolute atomic E-state index is 13.5. The number of benzene rings is 3. The molecule has 1 fully saturated rings. The van der Waals surface area contributed by atoms with Crippen LogP contribution in [0.5, 0.6) is 5.75 Å². The lowest BCUT2D eigenvalue weighted by Gasteiger charge is -2.31. The topological polar surface area (TPSA) is 56.8 Å². The minimum Gasteiger partial charge on any atom is -0.497 e. The van der Waals surface area contributed by atoms with E-state index in [9.17, 15) is 4.79 Å². The van der Waals surface area contributed by atoms with Gasteiger partial charge in [0.15, 0.2) is 0 Å². The SMILES string of the molecule is C=C(CN1CCNCC1)CN(CCC(c1ccccc1)c1ccccc1)C(=O)Nc1ccc(OC)cc1.Cl. The van der Waals surface area contributed by atoms with Crippen molar-refractivity contribution in [2.45, 2.75) is 12.3 Å². The summed E-state index contributed by atoms with van der Waals surface area (Å²) in [6.07, 6.45) is 0.810. The third-order valence-corrected chi connectivity index (χ3v) is 6.79. The first-order valence-electron chi connectivity index (χ1n) is 13.0. The Kier molecular flexibility index (Phi) is 11.7. The van der Waals surface area contributed by atoms with Crippen LogP contribution in [0.4, 0.5) is 10.5 Å². The molecule has 2 amide bonds. The molecule has 202 valence electrons. The van der Waals surface area contributed by atoms with Gasteiger partial charge in [-0.25, -0.2) is 4.79 Å². The van der Waals surface area contributed by atoms with Crippen LogP contribution in [0.15, 0.2) is 97.1 Å². The van der Waals surface area contributed by atoms with Crippen molar-refractivity contribution in [3.05, 3.63) is 108 Å². The van der Waals surface area contributed by atoms with Gasteiger partial charge >= 0.3 is 6.03 Å². The molecule has 0 aromatic heterocycles. The summed E-state index contributed by atoms with van der Waals surface area (Å²) >= 11 is 0. The van der Waals surface area contributed by atoms with Crippen LogP contribution in [-0.2, 0) is 0 Å². The van der Waals surface area contributed by atoms with Crippen LogP contribution in [0.2, 0.25) is 0 Å². The van der Waals surface area contributed by atoms with Gasteiger partial charge in [0.25, 0.3) is 0 Å². The molecule has 7 heteroatoms. The molecular weight excluding hydrogens is 496 g/mol. The molecule has 0 aliphatic carbocycles. The van der Waals surface area contributed by atoms with E-state index in [0.29, 0.717) is 13.1 Å². The van der Waals surface area contributed by atoms with Crippen LogP contribution >= 0.6 is 12.4 Å². The summed E-state index contributed by atoms with van der Waals surface area (Å²) in [6.45, 7) is 10.3. The Bertz CT molecular complexity index is 1080. The minimum atomic E-state index is -0.119. The van der Waals surface area contributed by atoms with E-state index >= 15 is 0 Å². The largest absolute Gasteiger partial charge is 0.497 e. The molecule has 3 aromatic rings. The van der Waals surface area contributed by atoms with Crippen LogP contribution < -0.4 is 15.4 Å². The maximum atomic E-state index is 13.5. The molecule has 1 aliphatic rings. The zero-order valence-corrected chi connectivity index (χ0v) is 23.0. The van der Waals surface area contributed by atoms with Crippen molar-refractivity contribution in [1.82, 2.24) is 15.1 Å². The Morgan fingerprint density at radius 1 is 0.974 bits per heavy atom. The van der Waals surface area contributed by atoms with E-state index in [1.165, 1.54) is 11.1 Å². The number of ether oxygens (including phenoxy) is 1. The Morgan fingerprint density at radius 2 is 1.55 bits per heavy atom. The lowest BCUT2D eigenvalue weighted by atomic mass is 9.88. The average Bonchev–Trinajstić information content (AvgIpc) is 2.94. The lowest BCUT2D eigenvalue weighted by molar-refractivity contribution is 0.210. The van der Waals surface area contributed by atoms with E-state index in [-0.39, 0.29) is 24.4 Å². The molecular formula is C31H39ClN4O2. The number of anilines is 1. The summed E-state index contributed by atoms with van der Waals surface area (Å²) in [4.78, 5) is 17.8. The molecule has 0 unspecified atom stereocenters. The van der Waals surface area contributed by atoms with Gasteiger partial charge in [-0.2, -0.15) is 0 Å². The van der Waals surface area contributed by atoms with Crippen molar-refractivity contribution < 1.29 is 9.53 Å². The van der Waals surface area contributed by atoms with Crippen LogP contribution in [0, 0.1) is 0 Å². The van der Waals surface area contributed by atoms with Gasteiger partial charge < -0.3 is 20.3 Å². The molecule has 0 saturated carbocycles. The number of amides is 2. The Labute approximate surface area is 233 Å². The van der Waals surface area contributed by atoms with Gasteiger partial charge in [0.2, 0.25) is 0 Å². The van der Waals surface area contributed by atoms with Gasteiger partial charge in [-0.05, 0) is 47.4 Å². The summed E-state index contributed by atoms with van der Waals surface area (Å²) in [5, 5.41) is 6.46. The summed E-state index contributed by atoms with van der Waals surface area (Å²) in [7, 11) is 1.63. The fourth-order valence-electron chi connectivity index (χ4n) is 4.82. The highest BCUT2D eigenvalue weighted by atomic mass is 35.5. The number of halogens is 1. The highest BCUT2D eigenvalue weighted by molar-refractivity contribution is 5.89. The molecule has 1 aliphatic heterocycles. The fourth-order valence-corrected chi connectivity index (χ4v) is 4.82. The normalized spacial score (nSPS) is 13.4. The first-order valence-corrected chi connectivity index (χ1v) is 13.0. The summed E-state index contributed by atoms with van der Waals surface area (Å²) < 4.78 is 5.25. The zero-order valence-electron chi connectivity index (χ0n) is 22.1. The van der Waals surface area contributed by atoms with Gasteiger partial charge in [0.05, 0.1) is 7.11 Å². The minimum absolute atomic E-state index is 0. The number of nitrogens with one attached hydrogen (secondary N) is 2. The van der Waals surface area contributed by atoms with Gasteiger partial charge in [0, 0.05) is 57.4 Å². The van der Waals surface area contributed by atoms with E-state index in [0.717, 1.165) is 56.2 Å². The molecule has 1 saturated heterocycles. The van der Waals surface area contributed by atoms with Crippen molar-refractivity contribution >= 4 is 24.1 Å². The van der Waals surface area contributed by atoms with E-state index in [2.05, 4.69) is 70.6 Å². The number of piperazine rings is 1. The lowest BCUT2D eigenvalue weighted by Crippen LogP contribution is -2.45. The second kappa shape index (κ2) is 15.2. The zero-order chi connectivity index (χ0) is 25.9. The summed E-state index contributed by atoms with van der Waals surface area (Å²) in [6, 6.07) is 28.4. The van der Waals surface area contributed by atoms with Crippen molar-refractivity contribution in [2.24, 2.45) is 0 Å². The quantitative estimate of drug-likeness (QED) is 0.313. The van der Waals surface area contributed by atoms with Crippen molar-refractivity contribution in [3.8, 4) is 5.75 Å². The standard InChI is InChI=1S/C31H38N4O2.ClH/c1-25(23-34-21-18-32-19-22-34)24-35(31(36)33-28-13-15-29(37-2)16-14-28)20-17-30(26-9-5-3-6-10-26)27-11-7-4-8-12-27;/h3-16,30,32H,1,17-24H2,2H3,(H,33,36);1H. The van der Waals surface area contributed by atoms with Crippen LogP contribution in [0.25, 0.3) is 0 Å². The monoisotopic (exact) mass is 534 g/mol. The van der Waals surface area contributed by atoms with Gasteiger partial charge in [-0.15, -0.1) is 12.4 Å². The summed E-state index contributed by atoms with van der Waals surface area (Å²) in [5.74, 6) is 0.952. The number of urea groups is 1.